The molecular weight excluding hydrogens is 286 g/mol. The lowest BCUT2D eigenvalue weighted by Gasteiger charge is -2.33. The number of benzene rings is 1. The number of hydrogen-bond donors (Lipinski definition) is 1. The van der Waals surface area contributed by atoms with Gasteiger partial charge >= 0.3 is 0 Å². The zero-order valence-electron chi connectivity index (χ0n) is 13.6. The highest BCUT2D eigenvalue weighted by Crippen LogP contribution is 2.29. The Labute approximate surface area is 135 Å². The van der Waals surface area contributed by atoms with Gasteiger partial charge in [0.25, 0.3) is 0 Å². The number of aromatic nitrogens is 4. The molecule has 1 saturated heterocycles. The number of fused-ring (bicyclic) bond motifs is 1. The van der Waals surface area contributed by atoms with Crippen molar-refractivity contribution in [2.75, 3.05) is 18.0 Å². The molecule has 1 aromatic carbocycles. The lowest BCUT2D eigenvalue weighted by Crippen LogP contribution is -2.36. The summed E-state index contributed by atoms with van der Waals surface area (Å²) in [4.78, 5) is 19.8. The summed E-state index contributed by atoms with van der Waals surface area (Å²) in [6.07, 6.45) is 4.14. The number of H-pyrrole nitrogens is 1. The molecule has 23 heavy (non-hydrogen) atoms. The van der Waals surface area contributed by atoms with Crippen molar-refractivity contribution in [3.05, 3.63) is 47.7 Å². The Bertz CT molecular complexity index is 805. The lowest BCUT2D eigenvalue weighted by atomic mass is 9.97. The van der Waals surface area contributed by atoms with Gasteiger partial charge < -0.3 is 9.88 Å². The van der Waals surface area contributed by atoms with Gasteiger partial charge in [-0.25, -0.2) is 9.97 Å². The van der Waals surface area contributed by atoms with Crippen LogP contribution in [0.4, 0.5) is 5.82 Å². The zero-order chi connectivity index (χ0) is 15.8. The molecule has 4 rings (SSSR count). The fourth-order valence-electron chi connectivity index (χ4n) is 3.38. The number of nitrogens with zero attached hydrogens (tertiary/aromatic N) is 4. The maximum absolute atomic E-state index is 4.79. The third-order valence-electron chi connectivity index (χ3n) is 4.57. The molecule has 0 saturated carbocycles. The van der Waals surface area contributed by atoms with Crippen LogP contribution in [0.2, 0.25) is 0 Å². The van der Waals surface area contributed by atoms with Crippen molar-refractivity contribution >= 4 is 16.9 Å². The molecular formula is C18H21N5. The second-order valence-corrected chi connectivity index (χ2v) is 6.34. The van der Waals surface area contributed by atoms with Crippen molar-refractivity contribution in [2.45, 2.75) is 32.6 Å². The molecule has 0 amide bonds. The Balaban J connectivity index is 1.62. The van der Waals surface area contributed by atoms with E-state index in [2.05, 4.69) is 27.0 Å². The van der Waals surface area contributed by atoms with Crippen molar-refractivity contribution in [3.63, 3.8) is 0 Å². The number of imidazole rings is 1. The molecule has 3 aromatic rings. The topological polar surface area (TPSA) is 57.7 Å². The molecule has 1 N–H and O–H groups in total. The van der Waals surface area contributed by atoms with Crippen LogP contribution in [-0.2, 0) is 0 Å². The van der Waals surface area contributed by atoms with Gasteiger partial charge in [0.2, 0.25) is 0 Å². The number of piperidine rings is 1. The minimum Gasteiger partial charge on any atom is -0.354 e. The third-order valence-corrected chi connectivity index (χ3v) is 4.57. The molecule has 3 heterocycles. The number of anilines is 1. The molecule has 0 spiro atoms. The van der Waals surface area contributed by atoms with E-state index in [-0.39, 0.29) is 0 Å². The van der Waals surface area contributed by atoms with Gasteiger partial charge in [-0.3, -0.25) is 4.98 Å². The van der Waals surface area contributed by atoms with E-state index in [9.17, 15) is 0 Å². The average Bonchev–Trinajstić information content (AvgIpc) is 3.01. The van der Waals surface area contributed by atoms with Gasteiger partial charge in [0.15, 0.2) is 0 Å². The van der Waals surface area contributed by atoms with E-state index in [1.54, 1.807) is 0 Å². The molecule has 5 nitrogen and oxygen atoms in total. The van der Waals surface area contributed by atoms with E-state index < -0.39 is 0 Å². The lowest BCUT2D eigenvalue weighted by molar-refractivity contribution is 0.491. The summed E-state index contributed by atoms with van der Waals surface area (Å²) < 4.78 is 0. The van der Waals surface area contributed by atoms with E-state index >= 15 is 0 Å². The van der Waals surface area contributed by atoms with E-state index in [1.165, 1.54) is 0 Å². The number of rotatable bonds is 2. The number of nitrogens with one attached hydrogen (secondary N) is 1. The first-order valence-corrected chi connectivity index (χ1v) is 8.20. The quantitative estimate of drug-likeness (QED) is 0.789. The van der Waals surface area contributed by atoms with Crippen LogP contribution in [-0.4, -0.2) is 33.0 Å². The standard InChI is InChI=1S/C18H21N5/c1-12-10-19-13(2)18(20-12)23-9-5-6-14(11-23)17-21-15-7-3-4-8-16(15)22-17/h3-4,7-8,10,14H,5-6,9,11H2,1-2H3,(H,21,22). The van der Waals surface area contributed by atoms with Crippen LogP contribution < -0.4 is 4.90 Å². The number of aromatic amines is 1. The first-order chi connectivity index (χ1) is 11.2. The van der Waals surface area contributed by atoms with Crippen LogP contribution in [0.3, 0.4) is 0 Å². The fraction of sp³-hybridized carbons (Fsp3) is 0.389. The predicted octanol–water partition coefficient (Wildman–Crippen LogP) is 3.35. The van der Waals surface area contributed by atoms with E-state index in [0.29, 0.717) is 5.92 Å². The van der Waals surface area contributed by atoms with Crippen molar-refractivity contribution in [1.82, 2.24) is 19.9 Å². The highest BCUT2D eigenvalue weighted by Gasteiger charge is 2.25. The summed E-state index contributed by atoms with van der Waals surface area (Å²) in [5, 5.41) is 0. The summed E-state index contributed by atoms with van der Waals surface area (Å²) in [5.74, 6) is 2.53. The summed E-state index contributed by atoms with van der Waals surface area (Å²) in [7, 11) is 0. The van der Waals surface area contributed by atoms with Crippen LogP contribution >= 0.6 is 0 Å². The van der Waals surface area contributed by atoms with Crippen molar-refractivity contribution in [3.8, 4) is 0 Å². The van der Waals surface area contributed by atoms with Crippen molar-refractivity contribution in [2.24, 2.45) is 0 Å². The largest absolute Gasteiger partial charge is 0.354 e. The van der Waals surface area contributed by atoms with Gasteiger partial charge in [-0.05, 0) is 38.8 Å². The van der Waals surface area contributed by atoms with E-state index in [4.69, 9.17) is 9.97 Å². The van der Waals surface area contributed by atoms with Crippen LogP contribution in [0.5, 0.6) is 0 Å². The van der Waals surface area contributed by atoms with Crippen molar-refractivity contribution in [1.29, 1.82) is 0 Å². The number of aryl methyl sites for hydroxylation is 2. The smallest absolute Gasteiger partial charge is 0.150 e. The third kappa shape index (κ3) is 2.67. The summed E-state index contributed by atoms with van der Waals surface area (Å²) in [5.41, 5.74) is 4.13. The van der Waals surface area contributed by atoms with Crippen LogP contribution in [0, 0.1) is 13.8 Å². The molecule has 1 aliphatic rings. The van der Waals surface area contributed by atoms with Crippen LogP contribution in [0.25, 0.3) is 11.0 Å². The Morgan fingerprint density at radius 2 is 2.04 bits per heavy atom. The maximum atomic E-state index is 4.79. The van der Waals surface area contributed by atoms with Gasteiger partial charge in [0.05, 0.1) is 22.4 Å². The predicted molar refractivity (Wildman–Crippen MR) is 91.8 cm³/mol. The van der Waals surface area contributed by atoms with Gasteiger partial charge in [0, 0.05) is 25.2 Å². The molecule has 5 heteroatoms. The van der Waals surface area contributed by atoms with Gasteiger partial charge in [-0.2, -0.15) is 0 Å². The molecule has 1 fully saturated rings. The Kier molecular flexibility index (Phi) is 3.48. The monoisotopic (exact) mass is 307 g/mol. The summed E-state index contributed by atoms with van der Waals surface area (Å²) in [6.45, 7) is 6.01. The highest BCUT2D eigenvalue weighted by atomic mass is 15.2. The average molecular weight is 307 g/mol. The SMILES string of the molecule is Cc1cnc(C)c(N2CCCC(c3nc4ccccc4[nH]3)C2)n1. The maximum Gasteiger partial charge on any atom is 0.150 e. The fourth-order valence-corrected chi connectivity index (χ4v) is 3.38. The second kappa shape index (κ2) is 5.65. The Morgan fingerprint density at radius 3 is 2.91 bits per heavy atom. The number of para-hydroxylation sites is 2. The highest BCUT2D eigenvalue weighted by molar-refractivity contribution is 5.74. The Morgan fingerprint density at radius 1 is 1.17 bits per heavy atom. The first-order valence-electron chi connectivity index (χ1n) is 8.20. The van der Waals surface area contributed by atoms with Gasteiger partial charge in [-0.15, -0.1) is 0 Å². The second-order valence-electron chi connectivity index (χ2n) is 6.34. The molecule has 2 aromatic heterocycles. The van der Waals surface area contributed by atoms with Crippen LogP contribution in [0.15, 0.2) is 30.5 Å². The van der Waals surface area contributed by atoms with E-state index in [1.807, 2.05) is 32.2 Å². The first kappa shape index (κ1) is 14.2. The zero-order valence-corrected chi connectivity index (χ0v) is 13.6. The van der Waals surface area contributed by atoms with Crippen molar-refractivity contribution < 1.29 is 0 Å². The molecule has 0 radical (unpaired) electrons. The van der Waals surface area contributed by atoms with Gasteiger partial charge in [-0.1, -0.05) is 12.1 Å². The minimum absolute atomic E-state index is 0.415. The molecule has 118 valence electrons. The number of hydrogen-bond acceptors (Lipinski definition) is 4. The normalized spacial score (nSPS) is 18.5. The summed E-state index contributed by atoms with van der Waals surface area (Å²) >= 11 is 0. The van der Waals surface area contributed by atoms with Gasteiger partial charge in [0.1, 0.15) is 11.6 Å². The molecule has 0 bridgehead atoms. The minimum atomic E-state index is 0.415. The molecule has 1 unspecified atom stereocenters. The Hall–Kier alpha value is -2.43. The molecule has 0 aliphatic carbocycles. The molecule has 1 atom stereocenters. The molecule has 1 aliphatic heterocycles. The van der Waals surface area contributed by atoms with Crippen LogP contribution in [0.1, 0.15) is 36.0 Å². The summed E-state index contributed by atoms with van der Waals surface area (Å²) in [6, 6.07) is 8.23. The van der Waals surface area contributed by atoms with E-state index in [0.717, 1.165) is 60.0 Å².